The Balaban J connectivity index is 1.93. The van der Waals surface area contributed by atoms with Gasteiger partial charge < -0.3 is 43.2 Å². The van der Waals surface area contributed by atoms with Gasteiger partial charge in [-0.05, 0) is 112 Å². The van der Waals surface area contributed by atoms with Crippen molar-refractivity contribution >= 4 is 31.8 Å². The molecule has 14 atom stereocenters. The zero-order valence-corrected chi connectivity index (χ0v) is 44.3. The lowest BCUT2D eigenvalue weighted by molar-refractivity contribution is -0.302. The number of piperidine rings is 1. The molecule has 2 N–H and O–H groups in total. The maximum atomic E-state index is 14.9. The van der Waals surface area contributed by atoms with E-state index in [2.05, 4.69) is 60.6 Å². The number of Topliss-reactive ketones (excluding diaryl/α,β-unsaturated/α-hetero) is 2. The lowest BCUT2D eigenvalue weighted by atomic mass is 9.81. The SMILES string of the molecule is CCC1/C=C(\C)CC(C)CC(OC)C2OC(O)(C(=O)C(=O)N3CCCCC3C(=O)OC(C(C)=CC3CCC(O)C(OC)C3)C(C)C(O[Si](C(C)C)(C(C)C)C(C)C)CC1=O)C(C)CC2OC. The Labute approximate surface area is 398 Å². The van der Waals surface area contributed by atoms with Crippen molar-refractivity contribution in [1.82, 2.24) is 4.90 Å². The fraction of sp³-hybridized carbons (Fsp3) is 0.846. The van der Waals surface area contributed by atoms with Crippen LogP contribution in [0.1, 0.15) is 154 Å². The van der Waals surface area contributed by atoms with Gasteiger partial charge in [0.2, 0.25) is 14.1 Å². The first-order valence-corrected chi connectivity index (χ1v) is 27.4. The van der Waals surface area contributed by atoms with Crippen molar-refractivity contribution < 1.29 is 57.5 Å². The van der Waals surface area contributed by atoms with Crippen molar-refractivity contribution in [2.45, 2.75) is 225 Å². The molecule has 3 aliphatic heterocycles. The molecule has 14 unspecified atom stereocenters. The number of ketones is 2. The molecule has 0 aromatic carbocycles. The number of hydrogen-bond donors (Lipinski definition) is 2. The topological polar surface area (TPSA) is 167 Å². The minimum Gasteiger partial charge on any atom is -0.456 e. The lowest BCUT2D eigenvalue weighted by Gasteiger charge is -2.47. The number of aliphatic hydroxyl groups is 2. The first-order valence-electron chi connectivity index (χ1n) is 25.3. The molecule has 66 heavy (non-hydrogen) atoms. The molecule has 3 heterocycles. The maximum Gasteiger partial charge on any atom is 0.329 e. The molecule has 14 heteroatoms. The fourth-order valence-electron chi connectivity index (χ4n) is 12.2. The number of carbonyl (C=O) groups is 4. The highest BCUT2D eigenvalue weighted by Crippen LogP contribution is 2.46. The fourth-order valence-corrected chi connectivity index (χ4v) is 17.8. The van der Waals surface area contributed by atoms with Crippen LogP contribution in [-0.4, -0.2) is 129 Å². The average molecular weight is 948 g/mol. The summed E-state index contributed by atoms with van der Waals surface area (Å²) in [6, 6.07) is -1.11. The number of nitrogens with zero attached hydrogens (tertiary/aromatic N) is 1. The van der Waals surface area contributed by atoms with Crippen LogP contribution in [0, 0.1) is 29.6 Å². The zero-order chi connectivity index (χ0) is 49.4. The summed E-state index contributed by atoms with van der Waals surface area (Å²) in [5.41, 5.74) is 2.47. The van der Waals surface area contributed by atoms with Gasteiger partial charge in [-0.25, -0.2) is 4.79 Å². The summed E-state index contributed by atoms with van der Waals surface area (Å²) < 4.78 is 38.2. The van der Waals surface area contributed by atoms with Crippen molar-refractivity contribution in [3.05, 3.63) is 23.3 Å². The van der Waals surface area contributed by atoms with E-state index < -0.39 is 86.3 Å². The second-order valence-corrected chi connectivity index (χ2v) is 27.0. The quantitative estimate of drug-likeness (QED) is 0.0877. The van der Waals surface area contributed by atoms with Gasteiger partial charge in [0, 0.05) is 52.0 Å². The van der Waals surface area contributed by atoms with Crippen molar-refractivity contribution in [1.29, 1.82) is 0 Å². The molecule has 0 aromatic rings. The molecule has 0 aromatic heterocycles. The molecule has 0 spiro atoms. The molecule has 378 valence electrons. The Bertz CT molecular complexity index is 1680. The van der Waals surface area contributed by atoms with Crippen molar-refractivity contribution in [2.75, 3.05) is 27.9 Å². The molecule has 1 amide bonds. The normalized spacial score (nSPS) is 37.6. The molecule has 0 radical (unpaired) electrons. The minimum atomic E-state index is -2.64. The van der Waals surface area contributed by atoms with Crippen LogP contribution < -0.4 is 0 Å². The number of methoxy groups -OCH3 is 3. The number of allylic oxidation sites excluding steroid dienone is 3. The van der Waals surface area contributed by atoms with Crippen LogP contribution in [-0.2, 0) is 47.3 Å². The van der Waals surface area contributed by atoms with Gasteiger partial charge in [-0.15, -0.1) is 0 Å². The smallest absolute Gasteiger partial charge is 0.329 e. The van der Waals surface area contributed by atoms with Crippen LogP contribution in [0.5, 0.6) is 0 Å². The Hall–Kier alpha value is -2.30. The largest absolute Gasteiger partial charge is 0.456 e. The van der Waals surface area contributed by atoms with Crippen LogP contribution in [0.2, 0.25) is 16.6 Å². The summed E-state index contributed by atoms with van der Waals surface area (Å²) in [6.45, 7) is 25.2. The molecule has 4 rings (SSSR count). The van der Waals surface area contributed by atoms with Gasteiger partial charge in [-0.2, -0.15) is 0 Å². The highest BCUT2D eigenvalue weighted by Gasteiger charge is 2.57. The zero-order valence-electron chi connectivity index (χ0n) is 43.3. The second kappa shape index (κ2) is 24.5. The van der Waals surface area contributed by atoms with Gasteiger partial charge in [0.15, 0.2) is 0 Å². The third-order valence-corrected chi connectivity index (χ3v) is 22.1. The summed E-state index contributed by atoms with van der Waals surface area (Å²) in [5, 5.41) is 22.9. The summed E-state index contributed by atoms with van der Waals surface area (Å²) >= 11 is 0. The number of rotatable bonds is 11. The lowest BCUT2D eigenvalue weighted by Crippen LogP contribution is -2.64. The van der Waals surface area contributed by atoms with Crippen LogP contribution in [0.4, 0.5) is 0 Å². The highest BCUT2D eigenvalue weighted by atomic mass is 28.4. The van der Waals surface area contributed by atoms with E-state index in [4.69, 9.17) is 28.1 Å². The predicted molar refractivity (Wildman–Crippen MR) is 258 cm³/mol. The maximum absolute atomic E-state index is 14.9. The first-order chi connectivity index (χ1) is 31.0. The molecule has 13 nitrogen and oxygen atoms in total. The number of fused-ring (bicyclic) bond motifs is 3. The van der Waals surface area contributed by atoms with E-state index in [1.165, 1.54) is 4.90 Å². The second-order valence-electron chi connectivity index (χ2n) is 21.6. The number of carbonyl (C=O) groups excluding carboxylic acids is 4. The Morgan fingerprint density at radius 2 is 1.47 bits per heavy atom. The van der Waals surface area contributed by atoms with Crippen LogP contribution in [0.25, 0.3) is 0 Å². The van der Waals surface area contributed by atoms with E-state index in [1.807, 2.05) is 27.7 Å². The van der Waals surface area contributed by atoms with Gasteiger partial charge in [-0.1, -0.05) is 87.0 Å². The van der Waals surface area contributed by atoms with Crippen LogP contribution in [0.3, 0.4) is 0 Å². The Morgan fingerprint density at radius 3 is 2.05 bits per heavy atom. The van der Waals surface area contributed by atoms with Gasteiger partial charge in [0.05, 0.1) is 30.5 Å². The van der Waals surface area contributed by atoms with Crippen LogP contribution >= 0.6 is 0 Å². The average Bonchev–Trinajstić information content (AvgIpc) is 3.27. The van der Waals surface area contributed by atoms with Crippen LogP contribution in [0.15, 0.2) is 23.3 Å². The van der Waals surface area contributed by atoms with Gasteiger partial charge >= 0.3 is 5.97 Å². The first kappa shape index (κ1) is 56.3. The third kappa shape index (κ3) is 12.7. The third-order valence-electron chi connectivity index (χ3n) is 15.9. The predicted octanol–water partition coefficient (Wildman–Crippen LogP) is 8.67. The van der Waals surface area contributed by atoms with Gasteiger partial charge in [-0.3, -0.25) is 14.4 Å². The highest BCUT2D eigenvalue weighted by molar-refractivity contribution is 6.77. The van der Waals surface area contributed by atoms with E-state index in [0.717, 1.165) is 11.1 Å². The number of esters is 1. The van der Waals surface area contributed by atoms with E-state index in [-0.39, 0.29) is 72.1 Å². The van der Waals surface area contributed by atoms with Gasteiger partial charge in [0.25, 0.3) is 11.7 Å². The standard InChI is InChI=1S/C52H89NO12Si/c1-16-39-24-33(8)23-34(9)25-45(61-14)48-46(62-15)27-36(11)52(59,64-48)49(56)50(57)53-22-18-17-19-40(53)51(58)63-47(35(10)26-38-20-21-41(54)44(28-38)60-13)37(12)43(29-42(39)55)65-66(30(2)3,31(4)5)32(6)7/h24,26,30-32,34,36-41,43-48,54,59H,16-23,25,27-29H2,1-15H3/b33-24+,35-26?. The molecule has 2 saturated heterocycles. The van der Waals surface area contributed by atoms with E-state index in [0.29, 0.717) is 51.4 Å². The Morgan fingerprint density at radius 1 is 0.864 bits per heavy atom. The number of ether oxygens (including phenoxy) is 5. The number of cyclic esters (lactones) is 1. The molecule has 3 fully saturated rings. The van der Waals surface area contributed by atoms with E-state index >= 15 is 0 Å². The van der Waals surface area contributed by atoms with Crippen molar-refractivity contribution in [3.8, 4) is 0 Å². The van der Waals surface area contributed by atoms with Gasteiger partial charge in [0.1, 0.15) is 24.0 Å². The summed E-state index contributed by atoms with van der Waals surface area (Å²) in [6.07, 6.45) is 5.16. The summed E-state index contributed by atoms with van der Waals surface area (Å²) in [7, 11) is 2.08. The molecule has 1 saturated carbocycles. The molecule has 4 aliphatic rings. The molecule has 2 bridgehead atoms. The van der Waals surface area contributed by atoms with Crippen molar-refractivity contribution in [2.24, 2.45) is 29.6 Å². The molecular formula is C52H89NO12Si. The summed E-state index contributed by atoms with van der Waals surface area (Å²) in [5.74, 6) is -6.87. The van der Waals surface area contributed by atoms with Crippen molar-refractivity contribution in [3.63, 3.8) is 0 Å². The molecule has 1 aliphatic carbocycles. The molecular weight excluding hydrogens is 859 g/mol. The number of hydrogen-bond acceptors (Lipinski definition) is 12. The monoisotopic (exact) mass is 948 g/mol. The summed E-state index contributed by atoms with van der Waals surface area (Å²) in [4.78, 5) is 60.2. The minimum absolute atomic E-state index is 0.0219. The number of amides is 1. The van der Waals surface area contributed by atoms with E-state index in [1.54, 1.807) is 28.3 Å². The van der Waals surface area contributed by atoms with E-state index in [9.17, 15) is 29.4 Å². The Kier molecular flexibility index (Phi) is 20.9. The number of aliphatic hydroxyl groups excluding tert-OH is 1.